The highest BCUT2D eigenvalue weighted by molar-refractivity contribution is 5.87. The lowest BCUT2D eigenvalue weighted by atomic mass is 10.1. The van der Waals surface area contributed by atoms with Gasteiger partial charge in [0, 0.05) is 11.9 Å². The lowest BCUT2D eigenvalue weighted by Crippen LogP contribution is -2.00. The van der Waals surface area contributed by atoms with Crippen molar-refractivity contribution in [3.63, 3.8) is 0 Å². The number of aromatic nitrogens is 2. The number of rotatable bonds is 3. The topological polar surface area (TPSA) is 96.1 Å². The molecule has 20 heavy (non-hydrogen) atoms. The first-order chi connectivity index (χ1) is 9.51. The Kier molecular flexibility index (Phi) is 3.62. The normalized spacial score (nSPS) is 9.85. The number of carboxylic acids is 1. The highest BCUT2D eigenvalue weighted by Crippen LogP contribution is 2.25. The van der Waals surface area contributed by atoms with Crippen molar-refractivity contribution in [3.8, 4) is 17.7 Å². The summed E-state index contributed by atoms with van der Waals surface area (Å²) in [6.45, 7) is 3.57. The van der Waals surface area contributed by atoms with Crippen LogP contribution < -0.4 is 4.74 Å². The van der Waals surface area contributed by atoms with Crippen LogP contribution in [0.3, 0.4) is 0 Å². The predicted octanol–water partition coefficient (Wildman–Crippen LogP) is 2.46. The molecule has 0 fully saturated rings. The first kappa shape index (κ1) is 13.5. The van der Waals surface area contributed by atoms with Crippen molar-refractivity contribution in [2.75, 3.05) is 0 Å². The molecule has 100 valence electrons. The summed E-state index contributed by atoms with van der Waals surface area (Å²) in [4.78, 5) is 18.8. The minimum Gasteiger partial charge on any atom is -0.478 e. The van der Waals surface area contributed by atoms with E-state index in [4.69, 9.17) is 15.1 Å². The van der Waals surface area contributed by atoms with Gasteiger partial charge in [-0.2, -0.15) is 5.26 Å². The van der Waals surface area contributed by atoms with Gasteiger partial charge < -0.3 is 9.84 Å². The number of aromatic carboxylic acids is 1. The first-order valence-corrected chi connectivity index (χ1v) is 5.76. The number of ether oxygens (including phenoxy) is 1. The molecule has 1 N–H and O–H groups in total. The van der Waals surface area contributed by atoms with Crippen LogP contribution in [0.25, 0.3) is 0 Å². The second kappa shape index (κ2) is 5.36. The summed E-state index contributed by atoms with van der Waals surface area (Å²) in [5, 5.41) is 18.0. The Balaban J connectivity index is 2.42. The maximum Gasteiger partial charge on any atom is 0.337 e. The Morgan fingerprint density at radius 2 is 2.10 bits per heavy atom. The van der Waals surface area contributed by atoms with Crippen molar-refractivity contribution in [3.05, 3.63) is 46.9 Å². The van der Waals surface area contributed by atoms with Gasteiger partial charge in [0.15, 0.2) is 0 Å². The van der Waals surface area contributed by atoms with E-state index in [1.54, 1.807) is 19.9 Å². The fourth-order valence-corrected chi connectivity index (χ4v) is 1.72. The molecule has 0 aliphatic rings. The largest absolute Gasteiger partial charge is 0.478 e. The van der Waals surface area contributed by atoms with E-state index >= 15 is 0 Å². The fraction of sp³-hybridized carbons (Fsp3) is 0.143. The van der Waals surface area contributed by atoms with Gasteiger partial charge in [-0.25, -0.2) is 9.78 Å². The number of hydrogen-bond donors (Lipinski definition) is 1. The van der Waals surface area contributed by atoms with Crippen LogP contribution in [0.1, 0.15) is 27.2 Å². The van der Waals surface area contributed by atoms with E-state index in [9.17, 15) is 4.79 Å². The molecule has 0 aliphatic heterocycles. The SMILES string of the molecule is Cc1cc(C)c(C#N)c(Oc2cncc(C(=O)O)c2)n1. The summed E-state index contributed by atoms with van der Waals surface area (Å²) >= 11 is 0. The van der Waals surface area contributed by atoms with E-state index in [0.29, 0.717) is 11.3 Å². The molecule has 0 spiro atoms. The Bertz CT molecular complexity index is 720. The number of hydrogen-bond acceptors (Lipinski definition) is 5. The zero-order chi connectivity index (χ0) is 14.7. The molecule has 0 saturated carbocycles. The second-order valence-electron chi connectivity index (χ2n) is 4.19. The van der Waals surface area contributed by atoms with Gasteiger partial charge in [-0.05, 0) is 31.5 Å². The molecule has 2 aromatic heterocycles. The smallest absolute Gasteiger partial charge is 0.337 e. The van der Waals surface area contributed by atoms with Gasteiger partial charge in [-0.15, -0.1) is 0 Å². The van der Waals surface area contributed by atoms with Crippen molar-refractivity contribution in [2.45, 2.75) is 13.8 Å². The minimum atomic E-state index is -1.10. The van der Waals surface area contributed by atoms with Crippen LogP contribution in [0.5, 0.6) is 11.6 Å². The van der Waals surface area contributed by atoms with Crippen LogP contribution in [0.15, 0.2) is 24.5 Å². The van der Waals surface area contributed by atoms with E-state index in [1.165, 1.54) is 18.5 Å². The molecular formula is C14H11N3O3. The Hall–Kier alpha value is -2.94. The Morgan fingerprint density at radius 3 is 2.75 bits per heavy atom. The van der Waals surface area contributed by atoms with Gasteiger partial charge in [0.1, 0.15) is 17.4 Å². The summed E-state index contributed by atoms with van der Waals surface area (Å²) in [6, 6.07) is 5.13. The average Bonchev–Trinajstić information content (AvgIpc) is 2.38. The summed E-state index contributed by atoms with van der Waals surface area (Å²) in [7, 11) is 0. The van der Waals surface area contributed by atoms with Crippen LogP contribution >= 0.6 is 0 Å². The van der Waals surface area contributed by atoms with Gasteiger partial charge in [0.2, 0.25) is 5.88 Å². The van der Waals surface area contributed by atoms with Crippen molar-refractivity contribution in [1.82, 2.24) is 9.97 Å². The molecule has 0 unspecified atom stereocenters. The molecule has 0 aromatic carbocycles. The summed E-state index contributed by atoms with van der Waals surface area (Å²) in [5.74, 6) is -0.731. The lowest BCUT2D eigenvalue weighted by Gasteiger charge is -2.09. The fourth-order valence-electron chi connectivity index (χ4n) is 1.72. The molecular weight excluding hydrogens is 258 g/mol. The molecule has 0 amide bonds. The van der Waals surface area contributed by atoms with E-state index in [0.717, 1.165) is 5.56 Å². The predicted molar refractivity (Wildman–Crippen MR) is 69.7 cm³/mol. The molecule has 6 nitrogen and oxygen atoms in total. The monoisotopic (exact) mass is 269 g/mol. The maximum absolute atomic E-state index is 10.9. The van der Waals surface area contributed by atoms with Crippen LogP contribution in [0, 0.1) is 25.2 Å². The molecule has 2 rings (SSSR count). The van der Waals surface area contributed by atoms with E-state index < -0.39 is 5.97 Å². The zero-order valence-electron chi connectivity index (χ0n) is 10.9. The molecule has 2 aromatic rings. The van der Waals surface area contributed by atoms with Gasteiger partial charge >= 0.3 is 5.97 Å². The van der Waals surface area contributed by atoms with Crippen LogP contribution in [0.2, 0.25) is 0 Å². The third-order valence-electron chi connectivity index (χ3n) is 2.60. The number of carboxylic acid groups (broad SMARTS) is 1. The minimum absolute atomic E-state index is 0.00498. The van der Waals surface area contributed by atoms with E-state index in [2.05, 4.69) is 9.97 Å². The zero-order valence-corrected chi connectivity index (χ0v) is 10.9. The van der Waals surface area contributed by atoms with Crippen molar-refractivity contribution in [2.24, 2.45) is 0 Å². The highest BCUT2D eigenvalue weighted by atomic mass is 16.5. The molecule has 0 saturated heterocycles. The first-order valence-electron chi connectivity index (χ1n) is 5.76. The molecule has 0 bridgehead atoms. The molecule has 6 heteroatoms. The number of pyridine rings is 2. The van der Waals surface area contributed by atoms with E-state index in [1.807, 2.05) is 6.07 Å². The summed E-state index contributed by atoms with van der Waals surface area (Å²) in [6.07, 6.45) is 2.59. The van der Waals surface area contributed by atoms with Crippen LogP contribution in [0.4, 0.5) is 0 Å². The number of aryl methyl sites for hydroxylation is 2. The Labute approximate surface area is 115 Å². The van der Waals surface area contributed by atoms with Gasteiger partial charge in [-0.1, -0.05) is 0 Å². The number of nitrogens with zero attached hydrogens (tertiary/aromatic N) is 3. The standard InChI is InChI=1S/C14H11N3O3/c1-8-3-9(2)17-13(12(8)5-15)20-11-4-10(14(18)19)6-16-7-11/h3-4,6-7H,1-2H3,(H,18,19). The van der Waals surface area contributed by atoms with Crippen molar-refractivity contribution < 1.29 is 14.6 Å². The maximum atomic E-state index is 10.9. The number of nitriles is 1. The van der Waals surface area contributed by atoms with Gasteiger partial charge in [-0.3, -0.25) is 4.98 Å². The molecule has 0 atom stereocenters. The van der Waals surface area contributed by atoms with Gasteiger partial charge in [0.05, 0.1) is 11.8 Å². The van der Waals surface area contributed by atoms with Gasteiger partial charge in [0.25, 0.3) is 0 Å². The summed E-state index contributed by atoms with van der Waals surface area (Å²) in [5.41, 5.74) is 1.78. The van der Waals surface area contributed by atoms with Crippen molar-refractivity contribution in [1.29, 1.82) is 5.26 Å². The summed E-state index contributed by atoms with van der Waals surface area (Å²) < 4.78 is 5.49. The van der Waals surface area contributed by atoms with E-state index in [-0.39, 0.29) is 17.2 Å². The lowest BCUT2D eigenvalue weighted by molar-refractivity contribution is 0.0696. The molecule has 2 heterocycles. The molecule has 0 radical (unpaired) electrons. The Morgan fingerprint density at radius 1 is 1.35 bits per heavy atom. The van der Waals surface area contributed by atoms with Crippen molar-refractivity contribution >= 4 is 5.97 Å². The molecule has 0 aliphatic carbocycles. The third kappa shape index (κ3) is 2.72. The van der Waals surface area contributed by atoms with Crippen LogP contribution in [-0.2, 0) is 0 Å². The van der Waals surface area contributed by atoms with Crippen LogP contribution in [-0.4, -0.2) is 21.0 Å². The quantitative estimate of drug-likeness (QED) is 0.919. The third-order valence-corrected chi connectivity index (χ3v) is 2.60. The average molecular weight is 269 g/mol. The second-order valence-corrected chi connectivity index (χ2v) is 4.19. The highest BCUT2D eigenvalue weighted by Gasteiger charge is 2.12. The number of carbonyl (C=O) groups is 1.